The molecule has 0 radical (unpaired) electrons. The number of rotatable bonds is 8. The van der Waals surface area contributed by atoms with Crippen LogP contribution in [-0.2, 0) is 27.2 Å². The maximum atomic E-state index is 12.3. The highest BCUT2D eigenvalue weighted by Gasteiger charge is 2.13. The largest absolute Gasteiger partial charge is 0.452 e. The number of halogens is 1. The predicted octanol–water partition coefficient (Wildman–Crippen LogP) is 5.19. The van der Waals surface area contributed by atoms with Gasteiger partial charge in [-0.15, -0.1) is 0 Å². The van der Waals surface area contributed by atoms with Gasteiger partial charge in [0.15, 0.2) is 6.61 Å². The van der Waals surface area contributed by atoms with Crippen molar-refractivity contribution in [2.75, 3.05) is 17.2 Å². The number of hydrogen-bond donors (Lipinski definition) is 2. The zero-order valence-corrected chi connectivity index (χ0v) is 19.2. The highest BCUT2D eigenvalue weighted by Crippen LogP contribution is 2.21. The molecule has 0 aliphatic rings. The van der Waals surface area contributed by atoms with Crippen LogP contribution in [0.4, 0.5) is 11.4 Å². The highest BCUT2D eigenvalue weighted by atomic mass is 35.5. The molecular weight excluding hydrogens is 440 g/mol. The molecule has 0 unspecified atom stereocenters. The molecule has 0 atom stereocenters. The fraction of sp³-hybridized carbons (Fsp3) is 0.192. The number of ether oxygens (including phenoxy) is 1. The molecule has 0 saturated heterocycles. The average molecular weight is 465 g/mol. The SMILES string of the molecule is CCc1cccc(C)c1NC(=O)COC(=O)c1ccc(NC(=O)Cc2ccc(Cl)cc2)cc1. The van der Waals surface area contributed by atoms with Crippen molar-refractivity contribution in [1.82, 2.24) is 0 Å². The zero-order chi connectivity index (χ0) is 23.8. The van der Waals surface area contributed by atoms with E-state index in [0.29, 0.717) is 10.7 Å². The van der Waals surface area contributed by atoms with Crippen molar-refractivity contribution in [3.05, 3.63) is 94.0 Å². The highest BCUT2D eigenvalue weighted by molar-refractivity contribution is 6.30. The average Bonchev–Trinajstić information content (AvgIpc) is 2.80. The number of benzene rings is 3. The van der Waals surface area contributed by atoms with Crippen LogP contribution < -0.4 is 10.6 Å². The van der Waals surface area contributed by atoms with Gasteiger partial charge >= 0.3 is 5.97 Å². The first-order valence-corrected chi connectivity index (χ1v) is 10.9. The van der Waals surface area contributed by atoms with Crippen molar-refractivity contribution >= 4 is 40.8 Å². The van der Waals surface area contributed by atoms with Crippen LogP contribution in [0.1, 0.15) is 34.0 Å². The summed E-state index contributed by atoms with van der Waals surface area (Å²) in [5.74, 6) is -1.21. The van der Waals surface area contributed by atoms with Crippen LogP contribution in [0.25, 0.3) is 0 Å². The Kier molecular flexibility index (Phi) is 8.22. The molecule has 3 aromatic rings. The van der Waals surface area contributed by atoms with Crippen LogP contribution in [0.5, 0.6) is 0 Å². The van der Waals surface area contributed by atoms with Gasteiger partial charge in [0.2, 0.25) is 5.91 Å². The molecule has 7 heteroatoms. The summed E-state index contributed by atoms with van der Waals surface area (Å²) in [5, 5.41) is 6.21. The minimum atomic E-state index is -0.621. The summed E-state index contributed by atoms with van der Waals surface area (Å²) in [5.41, 5.74) is 4.39. The Morgan fingerprint density at radius 3 is 2.24 bits per heavy atom. The lowest BCUT2D eigenvalue weighted by molar-refractivity contribution is -0.119. The maximum Gasteiger partial charge on any atom is 0.338 e. The molecule has 0 aliphatic carbocycles. The van der Waals surface area contributed by atoms with Crippen LogP contribution in [-0.4, -0.2) is 24.4 Å². The van der Waals surface area contributed by atoms with E-state index in [4.69, 9.17) is 16.3 Å². The molecule has 3 aromatic carbocycles. The topological polar surface area (TPSA) is 84.5 Å². The third-order valence-corrected chi connectivity index (χ3v) is 5.27. The van der Waals surface area contributed by atoms with Gasteiger partial charge in [-0.05, 0) is 66.4 Å². The first kappa shape index (κ1) is 24.0. The van der Waals surface area contributed by atoms with Crippen molar-refractivity contribution < 1.29 is 19.1 Å². The first-order chi connectivity index (χ1) is 15.9. The second-order valence-corrected chi connectivity index (χ2v) is 7.95. The minimum absolute atomic E-state index is 0.188. The molecule has 170 valence electrons. The van der Waals surface area contributed by atoms with E-state index in [0.717, 1.165) is 28.8 Å². The number of para-hydroxylation sites is 1. The number of amides is 2. The lowest BCUT2D eigenvalue weighted by atomic mass is 10.1. The molecule has 0 saturated carbocycles. The molecule has 33 heavy (non-hydrogen) atoms. The van der Waals surface area contributed by atoms with Gasteiger partial charge in [-0.3, -0.25) is 9.59 Å². The van der Waals surface area contributed by atoms with Crippen molar-refractivity contribution in [3.63, 3.8) is 0 Å². The van der Waals surface area contributed by atoms with Crippen LogP contribution in [0.3, 0.4) is 0 Å². The molecule has 0 spiro atoms. The Balaban J connectivity index is 1.50. The molecule has 6 nitrogen and oxygen atoms in total. The van der Waals surface area contributed by atoms with Crippen molar-refractivity contribution in [1.29, 1.82) is 0 Å². The standard InChI is InChI=1S/C26H25ClN2O4/c1-3-19-6-4-5-17(2)25(19)29-24(31)16-33-26(32)20-9-13-22(14-10-20)28-23(30)15-18-7-11-21(27)12-8-18/h4-14H,3,15-16H2,1-2H3,(H,28,30)(H,29,31). The molecular formula is C26H25ClN2O4. The van der Waals surface area contributed by atoms with E-state index in [1.54, 1.807) is 36.4 Å². The monoisotopic (exact) mass is 464 g/mol. The lowest BCUT2D eigenvalue weighted by Crippen LogP contribution is -2.22. The number of hydrogen-bond acceptors (Lipinski definition) is 4. The molecule has 0 aliphatic heterocycles. The third-order valence-electron chi connectivity index (χ3n) is 5.02. The fourth-order valence-corrected chi connectivity index (χ4v) is 3.40. The summed E-state index contributed by atoms with van der Waals surface area (Å²) in [6, 6.07) is 19.1. The van der Waals surface area contributed by atoms with Gasteiger partial charge in [-0.1, -0.05) is 48.9 Å². The van der Waals surface area contributed by atoms with Gasteiger partial charge < -0.3 is 15.4 Å². The lowest BCUT2D eigenvalue weighted by Gasteiger charge is -2.13. The number of esters is 1. The molecule has 2 amide bonds. The summed E-state index contributed by atoms with van der Waals surface area (Å²) in [7, 11) is 0. The molecule has 0 aromatic heterocycles. The number of carbonyl (C=O) groups excluding carboxylic acids is 3. The number of anilines is 2. The number of aryl methyl sites for hydroxylation is 2. The predicted molar refractivity (Wildman–Crippen MR) is 130 cm³/mol. The van der Waals surface area contributed by atoms with Crippen molar-refractivity contribution in [2.24, 2.45) is 0 Å². The zero-order valence-electron chi connectivity index (χ0n) is 18.5. The Morgan fingerprint density at radius 2 is 1.58 bits per heavy atom. The molecule has 0 bridgehead atoms. The normalized spacial score (nSPS) is 10.4. The quantitative estimate of drug-likeness (QED) is 0.449. The van der Waals surface area contributed by atoms with Crippen LogP contribution in [0.2, 0.25) is 5.02 Å². The summed E-state index contributed by atoms with van der Waals surface area (Å²) in [6.45, 7) is 3.53. The number of nitrogens with one attached hydrogen (secondary N) is 2. The molecule has 0 heterocycles. The van der Waals surface area contributed by atoms with Gasteiger partial charge in [0.25, 0.3) is 5.91 Å². The smallest absolute Gasteiger partial charge is 0.338 e. The van der Waals surface area contributed by atoms with E-state index in [-0.39, 0.29) is 17.9 Å². The van der Waals surface area contributed by atoms with Crippen LogP contribution >= 0.6 is 11.6 Å². The van der Waals surface area contributed by atoms with Gasteiger partial charge in [0.1, 0.15) is 0 Å². The number of carbonyl (C=O) groups is 3. The minimum Gasteiger partial charge on any atom is -0.452 e. The second kappa shape index (κ2) is 11.3. The van der Waals surface area contributed by atoms with E-state index in [1.807, 2.05) is 32.0 Å². The maximum absolute atomic E-state index is 12.3. The van der Waals surface area contributed by atoms with E-state index in [1.165, 1.54) is 12.1 Å². The van der Waals surface area contributed by atoms with E-state index in [2.05, 4.69) is 10.6 Å². The summed E-state index contributed by atoms with van der Waals surface area (Å²) in [6.07, 6.45) is 0.983. The van der Waals surface area contributed by atoms with E-state index < -0.39 is 18.5 Å². The molecule has 3 rings (SSSR count). The molecule has 2 N–H and O–H groups in total. The third kappa shape index (κ3) is 6.92. The van der Waals surface area contributed by atoms with E-state index in [9.17, 15) is 14.4 Å². The van der Waals surface area contributed by atoms with Gasteiger partial charge in [0, 0.05) is 16.4 Å². The van der Waals surface area contributed by atoms with Gasteiger partial charge in [-0.25, -0.2) is 4.79 Å². The fourth-order valence-electron chi connectivity index (χ4n) is 3.27. The van der Waals surface area contributed by atoms with Crippen molar-refractivity contribution in [3.8, 4) is 0 Å². The van der Waals surface area contributed by atoms with Crippen LogP contribution in [0.15, 0.2) is 66.7 Å². The van der Waals surface area contributed by atoms with Crippen molar-refractivity contribution in [2.45, 2.75) is 26.7 Å². The second-order valence-electron chi connectivity index (χ2n) is 7.52. The van der Waals surface area contributed by atoms with Gasteiger partial charge in [0.05, 0.1) is 12.0 Å². The van der Waals surface area contributed by atoms with E-state index >= 15 is 0 Å². The summed E-state index contributed by atoms with van der Waals surface area (Å²) in [4.78, 5) is 36.8. The van der Waals surface area contributed by atoms with Crippen LogP contribution in [0, 0.1) is 6.92 Å². The summed E-state index contributed by atoms with van der Waals surface area (Å²) < 4.78 is 5.14. The molecule has 0 fully saturated rings. The Morgan fingerprint density at radius 1 is 0.879 bits per heavy atom. The van der Waals surface area contributed by atoms with Gasteiger partial charge in [-0.2, -0.15) is 0 Å². The Hall–Kier alpha value is -3.64. The Bertz CT molecular complexity index is 1140. The first-order valence-electron chi connectivity index (χ1n) is 10.6. The summed E-state index contributed by atoms with van der Waals surface area (Å²) >= 11 is 5.85. The Labute approximate surface area is 197 Å².